The molecule has 3 unspecified atom stereocenters. The molecule has 0 aliphatic carbocycles. The maximum Gasteiger partial charge on any atom is 0.191 e. The zero-order valence-corrected chi connectivity index (χ0v) is 15.3. The highest BCUT2D eigenvalue weighted by atomic mass is 16.5. The van der Waals surface area contributed by atoms with E-state index >= 15 is 0 Å². The van der Waals surface area contributed by atoms with Crippen LogP contribution in [0.2, 0.25) is 0 Å². The number of morpholine rings is 1. The fourth-order valence-corrected chi connectivity index (χ4v) is 3.73. The van der Waals surface area contributed by atoms with Crippen molar-refractivity contribution in [3.8, 4) is 0 Å². The van der Waals surface area contributed by atoms with E-state index in [9.17, 15) is 0 Å². The number of nitrogens with zero attached hydrogens (tertiary/aromatic N) is 3. The minimum atomic E-state index is 0.478. The highest BCUT2D eigenvalue weighted by Crippen LogP contribution is 2.15. The van der Waals surface area contributed by atoms with Crippen molar-refractivity contribution in [3.63, 3.8) is 0 Å². The van der Waals surface area contributed by atoms with Gasteiger partial charge in [0, 0.05) is 44.8 Å². The third kappa shape index (κ3) is 5.33. The van der Waals surface area contributed by atoms with Gasteiger partial charge in [-0.15, -0.1) is 0 Å². The van der Waals surface area contributed by atoms with Crippen LogP contribution >= 0.6 is 0 Å². The topological polar surface area (TPSA) is 52.1 Å². The van der Waals surface area contributed by atoms with Crippen LogP contribution in [0.5, 0.6) is 0 Å². The number of guanidine groups is 1. The summed E-state index contributed by atoms with van der Waals surface area (Å²) in [6.07, 6.45) is 2.61. The molecule has 0 aromatic rings. The molecule has 0 aromatic carbocycles. The highest BCUT2D eigenvalue weighted by Gasteiger charge is 2.24. The number of likely N-dealkylation sites (tertiary alicyclic amines) is 1. The Morgan fingerprint density at radius 1 is 1.35 bits per heavy atom. The average Bonchev–Trinajstić information content (AvgIpc) is 3.02. The molecule has 2 aliphatic rings. The lowest BCUT2D eigenvalue weighted by Crippen LogP contribution is -2.53. The molecule has 2 saturated heterocycles. The Balaban J connectivity index is 1.72. The number of ether oxygens (including phenoxy) is 1. The molecule has 134 valence electrons. The van der Waals surface area contributed by atoms with Gasteiger partial charge in [0.1, 0.15) is 0 Å². The number of aliphatic imine (C=N–C) groups is 1. The van der Waals surface area contributed by atoms with Crippen LogP contribution in [-0.4, -0.2) is 86.9 Å². The zero-order valence-electron chi connectivity index (χ0n) is 15.3. The van der Waals surface area contributed by atoms with Gasteiger partial charge in [-0.25, -0.2) is 0 Å². The third-order valence-corrected chi connectivity index (χ3v) is 5.18. The van der Waals surface area contributed by atoms with Crippen LogP contribution in [0.3, 0.4) is 0 Å². The van der Waals surface area contributed by atoms with Crippen molar-refractivity contribution >= 4 is 5.96 Å². The molecule has 0 aromatic heterocycles. The lowest BCUT2D eigenvalue weighted by molar-refractivity contribution is -0.0174. The van der Waals surface area contributed by atoms with Gasteiger partial charge >= 0.3 is 0 Å². The summed E-state index contributed by atoms with van der Waals surface area (Å²) >= 11 is 0. The van der Waals surface area contributed by atoms with E-state index in [1.54, 1.807) is 0 Å². The monoisotopic (exact) mass is 325 g/mol. The molecule has 2 aliphatic heterocycles. The average molecular weight is 326 g/mol. The normalized spacial score (nSPS) is 28.8. The summed E-state index contributed by atoms with van der Waals surface area (Å²) < 4.78 is 5.52. The lowest BCUT2D eigenvalue weighted by Gasteiger charge is -2.38. The van der Waals surface area contributed by atoms with Gasteiger partial charge in [-0.2, -0.15) is 0 Å². The number of hydrogen-bond donors (Lipinski definition) is 2. The Morgan fingerprint density at radius 2 is 2.17 bits per heavy atom. The summed E-state index contributed by atoms with van der Waals surface area (Å²) in [5.74, 6) is 0.917. The molecular weight excluding hydrogens is 290 g/mol. The van der Waals surface area contributed by atoms with E-state index in [-0.39, 0.29) is 0 Å². The van der Waals surface area contributed by atoms with Crippen molar-refractivity contribution in [1.82, 2.24) is 20.4 Å². The van der Waals surface area contributed by atoms with Gasteiger partial charge < -0.3 is 15.4 Å². The Bertz CT molecular complexity index is 376. The molecule has 6 heteroatoms. The molecule has 0 saturated carbocycles. The van der Waals surface area contributed by atoms with E-state index in [4.69, 9.17) is 4.74 Å². The standard InChI is InChI=1S/C17H35N5O/c1-5-21-8-6-7-16(21)12-20-17(18-4)19-11-14(2)22-9-10-23-13-15(22)3/h14-16H,5-13H2,1-4H3,(H2,18,19,20). The van der Waals surface area contributed by atoms with Crippen LogP contribution in [0.25, 0.3) is 0 Å². The number of nitrogens with one attached hydrogen (secondary N) is 2. The minimum absolute atomic E-state index is 0.478. The SMILES string of the molecule is CCN1CCCC1CNC(=NC)NCC(C)N1CCOCC1C. The Labute approximate surface area is 141 Å². The molecule has 2 heterocycles. The minimum Gasteiger partial charge on any atom is -0.379 e. The van der Waals surface area contributed by atoms with Crippen molar-refractivity contribution in [2.24, 2.45) is 4.99 Å². The maximum atomic E-state index is 5.52. The predicted molar refractivity (Wildman–Crippen MR) is 96.1 cm³/mol. The number of likely N-dealkylation sites (N-methyl/N-ethyl adjacent to an activating group) is 1. The summed E-state index contributed by atoms with van der Waals surface area (Å²) in [5, 5.41) is 6.98. The van der Waals surface area contributed by atoms with Gasteiger partial charge in [0.15, 0.2) is 5.96 Å². The summed E-state index contributed by atoms with van der Waals surface area (Å²) in [5.41, 5.74) is 0. The van der Waals surface area contributed by atoms with Crippen LogP contribution in [-0.2, 0) is 4.74 Å². The quantitative estimate of drug-likeness (QED) is 0.557. The van der Waals surface area contributed by atoms with Gasteiger partial charge in [-0.3, -0.25) is 14.8 Å². The first-order valence-electron chi connectivity index (χ1n) is 9.17. The van der Waals surface area contributed by atoms with Crippen molar-refractivity contribution in [1.29, 1.82) is 0 Å². The maximum absolute atomic E-state index is 5.52. The van der Waals surface area contributed by atoms with E-state index in [1.165, 1.54) is 19.4 Å². The molecule has 2 rings (SSSR count). The second-order valence-electron chi connectivity index (χ2n) is 6.77. The highest BCUT2D eigenvalue weighted by molar-refractivity contribution is 5.79. The number of rotatable bonds is 6. The van der Waals surface area contributed by atoms with Crippen LogP contribution < -0.4 is 10.6 Å². The van der Waals surface area contributed by atoms with Crippen molar-refractivity contribution in [2.75, 3.05) is 53.0 Å². The van der Waals surface area contributed by atoms with Crippen molar-refractivity contribution in [3.05, 3.63) is 0 Å². The molecule has 3 atom stereocenters. The summed E-state index contributed by atoms with van der Waals surface area (Å²) in [6.45, 7) is 13.7. The van der Waals surface area contributed by atoms with Crippen LogP contribution in [0.4, 0.5) is 0 Å². The zero-order chi connectivity index (χ0) is 16.7. The van der Waals surface area contributed by atoms with Gasteiger partial charge in [-0.1, -0.05) is 6.92 Å². The van der Waals surface area contributed by atoms with Crippen molar-refractivity contribution < 1.29 is 4.74 Å². The van der Waals surface area contributed by atoms with E-state index in [2.05, 4.69) is 46.2 Å². The van der Waals surface area contributed by atoms with Crippen LogP contribution in [0.15, 0.2) is 4.99 Å². The fraction of sp³-hybridized carbons (Fsp3) is 0.941. The molecule has 2 fully saturated rings. The lowest BCUT2D eigenvalue weighted by atomic mass is 10.2. The molecule has 6 nitrogen and oxygen atoms in total. The Morgan fingerprint density at radius 3 is 2.87 bits per heavy atom. The first-order valence-corrected chi connectivity index (χ1v) is 9.17. The summed E-state index contributed by atoms with van der Waals surface area (Å²) in [6, 6.07) is 1.62. The van der Waals surface area contributed by atoms with E-state index in [0.717, 1.165) is 45.4 Å². The van der Waals surface area contributed by atoms with Crippen molar-refractivity contribution in [2.45, 2.75) is 51.7 Å². The predicted octanol–water partition coefficient (Wildman–Crippen LogP) is 0.745. The number of hydrogen-bond acceptors (Lipinski definition) is 4. The van der Waals surface area contributed by atoms with Crippen LogP contribution in [0.1, 0.15) is 33.6 Å². The molecule has 0 amide bonds. The van der Waals surface area contributed by atoms with E-state index < -0.39 is 0 Å². The van der Waals surface area contributed by atoms with Gasteiger partial charge in [0.2, 0.25) is 0 Å². The first kappa shape index (κ1) is 18.5. The largest absolute Gasteiger partial charge is 0.379 e. The van der Waals surface area contributed by atoms with Crippen LogP contribution in [0, 0.1) is 0 Å². The molecule has 0 spiro atoms. The Hall–Kier alpha value is -0.850. The molecule has 2 N–H and O–H groups in total. The summed E-state index contributed by atoms with van der Waals surface area (Å²) in [4.78, 5) is 9.44. The second kappa shape index (κ2) is 9.45. The Kier molecular flexibility index (Phi) is 7.59. The molecular formula is C17H35N5O. The molecule has 0 bridgehead atoms. The first-order chi connectivity index (χ1) is 11.2. The van der Waals surface area contributed by atoms with Gasteiger partial charge in [0.05, 0.1) is 13.2 Å². The van der Waals surface area contributed by atoms with Gasteiger partial charge in [0.25, 0.3) is 0 Å². The second-order valence-corrected chi connectivity index (χ2v) is 6.77. The molecule has 0 radical (unpaired) electrons. The molecule has 23 heavy (non-hydrogen) atoms. The third-order valence-electron chi connectivity index (χ3n) is 5.18. The smallest absolute Gasteiger partial charge is 0.191 e. The van der Waals surface area contributed by atoms with E-state index in [0.29, 0.717) is 18.1 Å². The summed E-state index contributed by atoms with van der Waals surface area (Å²) in [7, 11) is 1.85. The van der Waals surface area contributed by atoms with E-state index in [1.807, 2.05) is 7.05 Å². The fourth-order valence-electron chi connectivity index (χ4n) is 3.73. The van der Waals surface area contributed by atoms with Gasteiger partial charge in [-0.05, 0) is 39.8 Å².